The van der Waals surface area contributed by atoms with Crippen LogP contribution < -0.4 is 10.5 Å². The van der Waals surface area contributed by atoms with Crippen LogP contribution in [-0.2, 0) is 6.42 Å². The summed E-state index contributed by atoms with van der Waals surface area (Å²) in [7, 11) is 1.47. The number of aromatic nitrogens is 1. The first kappa shape index (κ1) is 14.6. The lowest BCUT2D eigenvalue weighted by atomic mass is 10.2. The number of hydrogen-bond acceptors (Lipinski definition) is 5. The minimum atomic E-state index is -0.446. The van der Waals surface area contributed by atoms with E-state index in [1.165, 1.54) is 19.2 Å². The van der Waals surface area contributed by atoms with Gasteiger partial charge in [-0.2, -0.15) is 0 Å². The molecule has 6 nitrogen and oxygen atoms in total. The molecule has 0 aliphatic carbocycles. The predicted octanol–water partition coefficient (Wildman–Crippen LogP) is 1.31. The molecular weight excluding hydrogens is 234 g/mol. The zero-order chi connectivity index (χ0) is 11.3. The number of rotatable bonds is 5. The Hall–Kier alpha value is -1.40. The van der Waals surface area contributed by atoms with Crippen LogP contribution in [0.2, 0.25) is 0 Å². The monoisotopic (exact) mass is 247 g/mol. The summed E-state index contributed by atoms with van der Waals surface area (Å²) >= 11 is 0. The van der Waals surface area contributed by atoms with E-state index in [1.54, 1.807) is 0 Å². The molecular formula is C9H14ClN3O3. The zero-order valence-corrected chi connectivity index (χ0v) is 9.70. The fraction of sp³-hybridized carbons (Fsp3) is 0.444. The van der Waals surface area contributed by atoms with E-state index in [-0.39, 0.29) is 18.1 Å². The lowest BCUT2D eigenvalue weighted by Gasteiger charge is -2.03. The van der Waals surface area contributed by atoms with Crippen molar-refractivity contribution in [1.82, 2.24) is 4.98 Å². The van der Waals surface area contributed by atoms with Crippen LogP contribution in [0, 0.1) is 10.1 Å². The van der Waals surface area contributed by atoms with Gasteiger partial charge < -0.3 is 10.5 Å². The molecule has 1 aromatic heterocycles. The van der Waals surface area contributed by atoms with E-state index in [2.05, 4.69) is 4.98 Å². The molecule has 0 fully saturated rings. The van der Waals surface area contributed by atoms with Gasteiger partial charge in [0.15, 0.2) is 0 Å². The second-order valence-electron chi connectivity index (χ2n) is 2.97. The Kier molecular flexibility index (Phi) is 6.36. The summed E-state index contributed by atoms with van der Waals surface area (Å²) in [5, 5.41) is 10.7. The van der Waals surface area contributed by atoms with Gasteiger partial charge >= 0.3 is 0 Å². The third kappa shape index (κ3) is 3.63. The topological polar surface area (TPSA) is 91.3 Å². The molecule has 16 heavy (non-hydrogen) atoms. The maximum Gasteiger partial charge on any atom is 0.291 e. The predicted molar refractivity (Wildman–Crippen MR) is 62.1 cm³/mol. The molecule has 1 heterocycles. The maximum absolute atomic E-state index is 10.7. The molecule has 0 aliphatic rings. The Morgan fingerprint density at radius 2 is 2.25 bits per heavy atom. The van der Waals surface area contributed by atoms with Crippen molar-refractivity contribution in [3.63, 3.8) is 0 Å². The molecule has 0 amide bonds. The summed E-state index contributed by atoms with van der Waals surface area (Å²) in [6.45, 7) is 0.482. The summed E-state index contributed by atoms with van der Waals surface area (Å²) in [4.78, 5) is 14.3. The van der Waals surface area contributed by atoms with E-state index in [9.17, 15) is 10.1 Å². The average molecular weight is 248 g/mol. The minimum absolute atomic E-state index is 0. The first-order valence-electron chi connectivity index (χ1n) is 4.57. The number of nitrogens with zero attached hydrogens (tertiary/aromatic N) is 2. The first-order valence-corrected chi connectivity index (χ1v) is 4.57. The number of nitrogens with two attached hydrogens (primary N) is 1. The number of aryl methyl sites for hydroxylation is 1. The molecule has 0 saturated carbocycles. The van der Waals surface area contributed by atoms with Crippen molar-refractivity contribution < 1.29 is 9.66 Å². The Morgan fingerprint density at radius 1 is 1.56 bits per heavy atom. The van der Waals surface area contributed by atoms with Gasteiger partial charge in [-0.05, 0) is 19.4 Å². The molecule has 2 N–H and O–H groups in total. The fourth-order valence-electron chi connectivity index (χ4n) is 1.21. The van der Waals surface area contributed by atoms with Gasteiger partial charge in [0, 0.05) is 12.1 Å². The molecule has 90 valence electrons. The highest BCUT2D eigenvalue weighted by molar-refractivity contribution is 5.85. The summed E-state index contributed by atoms with van der Waals surface area (Å²) in [5.41, 5.74) is 5.78. The van der Waals surface area contributed by atoms with Gasteiger partial charge in [-0.3, -0.25) is 10.1 Å². The van der Waals surface area contributed by atoms with Crippen LogP contribution in [0.25, 0.3) is 0 Å². The van der Waals surface area contributed by atoms with Gasteiger partial charge in [-0.15, -0.1) is 12.4 Å². The van der Waals surface area contributed by atoms with Crippen LogP contribution in [0.15, 0.2) is 12.1 Å². The van der Waals surface area contributed by atoms with Gasteiger partial charge in [0.1, 0.15) is 5.69 Å². The van der Waals surface area contributed by atoms with Gasteiger partial charge in [0.25, 0.3) is 5.69 Å². The third-order valence-electron chi connectivity index (χ3n) is 1.95. The second kappa shape index (κ2) is 6.97. The summed E-state index contributed by atoms with van der Waals surface area (Å²) < 4.78 is 4.90. The molecule has 0 radical (unpaired) electrons. The highest BCUT2D eigenvalue weighted by Gasteiger charge is 2.15. The van der Waals surface area contributed by atoms with E-state index < -0.39 is 4.92 Å². The number of ether oxygens (including phenoxy) is 1. The molecule has 7 heteroatoms. The van der Waals surface area contributed by atoms with E-state index >= 15 is 0 Å². The Morgan fingerprint density at radius 3 is 2.75 bits per heavy atom. The maximum atomic E-state index is 10.7. The van der Waals surface area contributed by atoms with Crippen molar-refractivity contribution in [2.75, 3.05) is 13.7 Å². The molecule has 0 unspecified atom stereocenters. The van der Waals surface area contributed by atoms with Crippen molar-refractivity contribution >= 4 is 18.1 Å². The molecule has 0 atom stereocenters. The summed E-state index contributed by atoms with van der Waals surface area (Å²) in [6, 6.07) is 2.88. The van der Waals surface area contributed by atoms with Crippen LogP contribution in [-0.4, -0.2) is 23.6 Å². The summed E-state index contributed by atoms with van der Waals surface area (Å²) in [6.07, 6.45) is 1.16. The Labute approximate surface area is 99.4 Å². The molecule has 0 bridgehead atoms. The van der Waals surface area contributed by atoms with E-state index in [0.29, 0.717) is 31.0 Å². The fourth-order valence-corrected chi connectivity index (χ4v) is 1.21. The SMILES string of the molecule is COc1ccc([N+](=O)[O-])c(CCCN)n1.Cl. The highest BCUT2D eigenvalue weighted by atomic mass is 35.5. The zero-order valence-electron chi connectivity index (χ0n) is 8.88. The lowest BCUT2D eigenvalue weighted by molar-refractivity contribution is -0.386. The van der Waals surface area contributed by atoms with Gasteiger partial charge in [0.05, 0.1) is 12.0 Å². The molecule has 1 aromatic rings. The Bertz CT molecular complexity index is 360. The average Bonchev–Trinajstić information content (AvgIpc) is 2.25. The van der Waals surface area contributed by atoms with Crippen molar-refractivity contribution in [3.8, 4) is 5.88 Å². The molecule has 0 saturated heterocycles. The minimum Gasteiger partial charge on any atom is -0.481 e. The highest BCUT2D eigenvalue weighted by Crippen LogP contribution is 2.20. The van der Waals surface area contributed by atoms with E-state index in [0.717, 1.165) is 0 Å². The van der Waals surface area contributed by atoms with Crippen LogP contribution in [0.5, 0.6) is 5.88 Å². The molecule has 0 spiro atoms. The number of nitro groups is 1. The van der Waals surface area contributed by atoms with Gasteiger partial charge in [0.2, 0.25) is 5.88 Å². The van der Waals surface area contributed by atoms with Crippen LogP contribution in [0.1, 0.15) is 12.1 Å². The Balaban J connectivity index is 0.00000225. The number of halogens is 1. The number of hydrogen-bond donors (Lipinski definition) is 1. The first-order chi connectivity index (χ1) is 7.19. The quantitative estimate of drug-likeness (QED) is 0.626. The van der Waals surface area contributed by atoms with E-state index in [4.69, 9.17) is 10.5 Å². The van der Waals surface area contributed by atoms with Gasteiger partial charge in [-0.25, -0.2) is 4.98 Å². The normalized spacial score (nSPS) is 9.38. The van der Waals surface area contributed by atoms with Crippen molar-refractivity contribution in [2.24, 2.45) is 5.73 Å². The summed E-state index contributed by atoms with van der Waals surface area (Å²) in [5.74, 6) is 0.382. The standard InChI is InChI=1S/C9H13N3O3.ClH/c1-15-9-5-4-8(12(13)14)7(11-9)3-2-6-10;/h4-5H,2-3,6,10H2,1H3;1H. The van der Waals surface area contributed by atoms with Crippen LogP contribution >= 0.6 is 12.4 Å². The second-order valence-corrected chi connectivity index (χ2v) is 2.97. The van der Waals surface area contributed by atoms with E-state index in [1.807, 2.05) is 0 Å². The lowest BCUT2D eigenvalue weighted by Crippen LogP contribution is -2.05. The van der Waals surface area contributed by atoms with Crippen LogP contribution in [0.4, 0.5) is 5.69 Å². The van der Waals surface area contributed by atoms with Gasteiger partial charge in [-0.1, -0.05) is 0 Å². The number of methoxy groups -OCH3 is 1. The van der Waals surface area contributed by atoms with Crippen LogP contribution in [0.3, 0.4) is 0 Å². The number of pyridine rings is 1. The largest absolute Gasteiger partial charge is 0.481 e. The third-order valence-corrected chi connectivity index (χ3v) is 1.95. The molecule has 1 rings (SSSR count). The molecule has 0 aromatic carbocycles. The van der Waals surface area contributed by atoms with Crippen molar-refractivity contribution in [1.29, 1.82) is 0 Å². The van der Waals surface area contributed by atoms with Crippen molar-refractivity contribution in [2.45, 2.75) is 12.8 Å². The molecule has 0 aliphatic heterocycles. The van der Waals surface area contributed by atoms with Crippen molar-refractivity contribution in [3.05, 3.63) is 27.9 Å². The smallest absolute Gasteiger partial charge is 0.291 e.